The number of hydrogen-bond donors (Lipinski definition) is 1. The van der Waals surface area contributed by atoms with E-state index in [1.807, 2.05) is 31.2 Å². The predicted octanol–water partition coefficient (Wildman–Crippen LogP) is 3.61. The molecular formula is C24H21NO5. The molecule has 4 rings (SSSR count). The van der Waals surface area contributed by atoms with Gasteiger partial charge < -0.3 is 14.6 Å². The van der Waals surface area contributed by atoms with Crippen LogP contribution in [0.3, 0.4) is 0 Å². The number of hydrogen-bond acceptors (Lipinski definition) is 5. The lowest BCUT2D eigenvalue weighted by Gasteiger charge is -2.16. The first-order chi connectivity index (χ1) is 14.5. The van der Waals surface area contributed by atoms with Gasteiger partial charge in [-0.05, 0) is 55.5 Å². The Hall–Kier alpha value is -3.64. The quantitative estimate of drug-likeness (QED) is 0.610. The summed E-state index contributed by atoms with van der Waals surface area (Å²) in [6.07, 6.45) is -0.804. The number of anilines is 1. The van der Waals surface area contributed by atoms with Crippen LogP contribution in [0.1, 0.15) is 26.3 Å². The van der Waals surface area contributed by atoms with E-state index in [2.05, 4.69) is 0 Å². The molecule has 0 bridgehead atoms. The van der Waals surface area contributed by atoms with E-state index in [-0.39, 0.29) is 25.0 Å². The summed E-state index contributed by atoms with van der Waals surface area (Å²) in [5, 5.41) is 10.1. The standard InChI is InChI=1S/C24H21NO5/c1-16-6-10-19(11-7-16)29-14-18(26)15-30-20-12-8-17(9-13-20)25-23(27)21-4-2-3-5-22(21)24(25)28/h2-13,18,26H,14-15H2,1H3. The summed E-state index contributed by atoms with van der Waals surface area (Å²) in [6, 6.07) is 20.9. The van der Waals surface area contributed by atoms with Crippen LogP contribution in [0.25, 0.3) is 0 Å². The average molecular weight is 403 g/mol. The summed E-state index contributed by atoms with van der Waals surface area (Å²) in [7, 11) is 0. The lowest BCUT2D eigenvalue weighted by atomic mass is 10.1. The molecule has 152 valence electrons. The minimum Gasteiger partial charge on any atom is -0.491 e. The molecule has 0 aliphatic carbocycles. The number of amides is 2. The van der Waals surface area contributed by atoms with Crippen LogP contribution in [0.4, 0.5) is 5.69 Å². The lowest BCUT2D eigenvalue weighted by molar-refractivity contribution is 0.0626. The van der Waals surface area contributed by atoms with Crippen LogP contribution in [-0.4, -0.2) is 36.2 Å². The van der Waals surface area contributed by atoms with Gasteiger partial charge in [0.25, 0.3) is 11.8 Å². The van der Waals surface area contributed by atoms with Crippen LogP contribution in [0.2, 0.25) is 0 Å². The van der Waals surface area contributed by atoms with Crippen molar-refractivity contribution in [3.05, 3.63) is 89.5 Å². The number of aliphatic hydroxyl groups is 1. The Labute approximate surface area is 174 Å². The maximum Gasteiger partial charge on any atom is 0.266 e. The third kappa shape index (κ3) is 4.04. The number of aliphatic hydroxyl groups excluding tert-OH is 1. The summed E-state index contributed by atoms with van der Waals surface area (Å²) in [5.74, 6) is 0.524. The Kier molecular flexibility index (Phi) is 5.50. The van der Waals surface area contributed by atoms with Crippen LogP contribution in [-0.2, 0) is 0 Å². The molecule has 0 radical (unpaired) electrons. The van der Waals surface area contributed by atoms with E-state index in [1.165, 1.54) is 0 Å². The summed E-state index contributed by atoms with van der Waals surface area (Å²) in [4.78, 5) is 26.2. The summed E-state index contributed by atoms with van der Waals surface area (Å²) < 4.78 is 11.1. The fourth-order valence-electron chi connectivity index (χ4n) is 3.18. The largest absolute Gasteiger partial charge is 0.491 e. The van der Waals surface area contributed by atoms with Gasteiger partial charge in [-0.15, -0.1) is 0 Å². The van der Waals surface area contributed by atoms with Crippen molar-refractivity contribution < 1.29 is 24.2 Å². The fourth-order valence-corrected chi connectivity index (χ4v) is 3.18. The molecule has 6 nitrogen and oxygen atoms in total. The monoisotopic (exact) mass is 403 g/mol. The number of aryl methyl sites for hydroxylation is 1. The SMILES string of the molecule is Cc1ccc(OCC(O)COc2ccc(N3C(=O)c4ccccc4C3=O)cc2)cc1. The smallest absolute Gasteiger partial charge is 0.266 e. The number of imide groups is 1. The van der Waals surface area contributed by atoms with E-state index < -0.39 is 6.10 Å². The average Bonchev–Trinajstić information content (AvgIpc) is 3.03. The molecule has 6 heteroatoms. The molecule has 0 saturated carbocycles. The number of ether oxygens (including phenoxy) is 2. The Balaban J connectivity index is 1.32. The van der Waals surface area contributed by atoms with Crippen molar-refractivity contribution in [2.45, 2.75) is 13.0 Å². The van der Waals surface area contributed by atoms with Gasteiger partial charge in [0, 0.05) is 0 Å². The summed E-state index contributed by atoms with van der Waals surface area (Å²) in [6.45, 7) is 2.15. The van der Waals surface area contributed by atoms with Gasteiger partial charge >= 0.3 is 0 Å². The van der Waals surface area contributed by atoms with Gasteiger partial charge in [0.2, 0.25) is 0 Å². The van der Waals surface area contributed by atoms with Crippen molar-refractivity contribution in [3.8, 4) is 11.5 Å². The highest BCUT2D eigenvalue weighted by Gasteiger charge is 2.36. The Bertz CT molecular complexity index is 1020. The topological polar surface area (TPSA) is 76.1 Å². The molecular weight excluding hydrogens is 382 g/mol. The second kappa shape index (κ2) is 8.39. The van der Waals surface area contributed by atoms with Crippen molar-refractivity contribution in [3.63, 3.8) is 0 Å². The van der Waals surface area contributed by atoms with Crippen LogP contribution in [0.5, 0.6) is 11.5 Å². The molecule has 3 aromatic carbocycles. The highest BCUT2D eigenvalue weighted by molar-refractivity contribution is 6.34. The molecule has 0 saturated heterocycles. The molecule has 0 spiro atoms. The van der Waals surface area contributed by atoms with Crippen molar-refractivity contribution >= 4 is 17.5 Å². The van der Waals surface area contributed by atoms with Gasteiger partial charge in [-0.25, -0.2) is 4.90 Å². The molecule has 1 atom stereocenters. The molecule has 0 aromatic heterocycles. The lowest BCUT2D eigenvalue weighted by Crippen LogP contribution is -2.29. The molecule has 30 heavy (non-hydrogen) atoms. The summed E-state index contributed by atoms with van der Waals surface area (Å²) in [5.41, 5.74) is 2.41. The zero-order chi connectivity index (χ0) is 21.1. The fraction of sp³-hybridized carbons (Fsp3) is 0.167. The predicted molar refractivity (Wildman–Crippen MR) is 112 cm³/mol. The third-order valence-electron chi connectivity index (χ3n) is 4.79. The van der Waals surface area contributed by atoms with Crippen molar-refractivity contribution in [1.29, 1.82) is 0 Å². The van der Waals surface area contributed by atoms with Gasteiger partial charge in [0.1, 0.15) is 30.8 Å². The number of nitrogens with zero attached hydrogens (tertiary/aromatic N) is 1. The molecule has 1 heterocycles. The number of rotatable bonds is 7. The van der Waals surface area contributed by atoms with Gasteiger partial charge in [0.05, 0.1) is 16.8 Å². The third-order valence-corrected chi connectivity index (χ3v) is 4.79. The second-order valence-electron chi connectivity index (χ2n) is 7.07. The molecule has 1 unspecified atom stereocenters. The van der Waals surface area contributed by atoms with Crippen LogP contribution < -0.4 is 14.4 Å². The van der Waals surface area contributed by atoms with E-state index in [9.17, 15) is 14.7 Å². The Morgan fingerprint density at radius 2 is 1.23 bits per heavy atom. The van der Waals surface area contributed by atoms with E-state index in [1.54, 1.807) is 48.5 Å². The first kappa shape index (κ1) is 19.7. The highest BCUT2D eigenvalue weighted by atomic mass is 16.5. The number of benzene rings is 3. The number of carbonyl (C=O) groups is 2. The zero-order valence-electron chi connectivity index (χ0n) is 16.4. The van der Waals surface area contributed by atoms with Crippen molar-refractivity contribution in [2.24, 2.45) is 0 Å². The van der Waals surface area contributed by atoms with Gasteiger partial charge in [0.15, 0.2) is 0 Å². The highest BCUT2D eigenvalue weighted by Crippen LogP contribution is 2.29. The van der Waals surface area contributed by atoms with Crippen LogP contribution >= 0.6 is 0 Å². The van der Waals surface area contributed by atoms with E-state index in [0.29, 0.717) is 28.3 Å². The normalized spacial score (nSPS) is 13.9. The minimum absolute atomic E-state index is 0.0538. The summed E-state index contributed by atoms with van der Waals surface area (Å²) >= 11 is 0. The molecule has 0 fully saturated rings. The van der Waals surface area contributed by atoms with Crippen molar-refractivity contribution in [1.82, 2.24) is 0 Å². The maximum atomic E-state index is 12.5. The first-order valence-electron chi connectivity index (χ1n) is 9.61. The molecule has 1 N–H and O–H groups in total. The Morgan fingerprint density at radius 1 is 0.767 bits per heavy atom. The van der Waals surface area contributed by atoms with Gasteiger partial charge in [-0.3, -0.25) is 9.59 Å². The van der Waals surface area contributed by atoms with E-state index >= 15 is 0 Å². The number of carbonyl (C=O) groups excluding carboxylic acids is 2. The van der Waals surface area contributed by atoms with E-state index in [0.717, 1.165) is 10.5 Å². The maximum absolute atomic E-state index is 12.5. The second-order valence-corrected chi connectivity index (χ2v) is 7.07. The molecule has 1 aliphatic heterocycles. The van der Waals surface area contributed by atoms with Gasteiger partial charge in [-0.1, -0.05) is 29.8 Å². The van der Waals surface area contributed by atoms with Crippen LogP contribution in [0, 0.1) is 6.92 Å². The van der Waals surface area contributed by atoms with Crippen LogP contribution in [0.15, 0.2) is 72.8 Å². The van der Waals surface area contributed by atoms with E-state index in [4.69, 9.17) is 9.47 Å². The van der Waals surface area contributed by atoms with Crippen molar-refractivity contribution in [2.75, 3.05) is 18.1 Å². The molecule has 1 aliphatic rings. The minimum atomic E-state index is -0.804. The number of fused-ring (bicyclic) bond motifs is 1. The first-order valence-corrected chi connectivity index (χ1v) is 9.61. The zero-order valence-corrected chi connectivity index (χ0v) is 16.4. The molecule has 3 aromatic rings. The Morgan fingerprint density at radius 3 is 1.73 bits per heavy atom. The van der Waals surface area contributed by atoms with Gasteiger partial charge in [-0.2, -0.15) is 0 Å². The molecule has 2 amide bonds.